The second-order valence-electron chi connectivity index (χ2n) is 7.98. The van der Waals surface area contributed by atoms with Gasteiger partial charge in [0.15, 0.2) is 0 Å². The Balaban J connectivity index is 1.26. The molecule has 0 spiro atoms. The summed E-state index contributed by atoms with van der Waals surface area (Å²) in [7, 11) is 1.65. The van der Waals surface area contributed by atoms with Gasteiger partial charge in [0.05, 0.1) is 13.7 Å². The van der Waals surface area contributed by atoms with Gasteiger partial charge in [-0.1, -0.05) is 0 Å². The molecule has 1 aromatic carbocycles. The molecule has 0 aliphatic heterocycles. The largest absolute Gasteiger partial charge is 0.497 e. The molecule has 4 heteroatoms. The quantitative estimate of drug-likeness (QED) is 0.814. The minimum atomic E-state index is -0.0607. The van der Waals surface area contributed by atoms with Gasteiger partial charge in [0, 0.05) is 5.41 Å². The van der Waals surface area contributed by atoms with Gasteiger partial charge in [-0.25, -0.2) is 0 Å². The summed E-state index contributed by atoms with van der Waals surface area (Å²) in [6, 6.07) is 7.53. The van der Waals surface area contributed by atoms with Gasteiger partial charge in [-0.05, 0) is 80.5 Å². The predicted octanol–water partition coefficient (Wildman–Crippen LogP) is 3.41. The Morgan fingerprint density at radius 1 is 1.04 bits per heavy atom. The number of methoxy groups -OCH3 is 1. The van der Waals surface area contributed by atoms with E-state index in [1.54, 1.807) is 7.11 Å². The number of hydrogen-bond acceptors (Lipinski definition) is 3. The number of carbonyl (C=O) groups excluding carboxylic acids is 1. The second-order valence-corrected chi connectivity index (χ2v) is 7.98. The Labute approximate surface area is 143 Å². The first-order valence-corrected chi connectivity index (χ1v) is 9.22. The number of hydrogen-bond donors (Lipinski definition) is 1. The highest BCUT2D eigenvalue weighted by Gasteiger charge is 2.54. The zero-order valence-electron chi connectivity index (χ0n) is 14.4. The van der Waals surface area contributed by atoms with Crippen molar-refractivity contribution in [1.29, 1.82) is 0 Å². The number of carbonyl (C=O) groups is 1. The van der Waals surface area contributed by atoms with Crippen molar-refractivity contribution in [1.82, 2.24) is 5.32 Å². The molecular formula is C20H27NO3. The average Bonchev–Trinajstić information content (AvgIpc) is 2.58. The Morgan fingerprint density at radius 2 is 1.58 bits per heavy atom. The van der Waals surface area contributed by atoms with Gasteiger partial charge in [-0.2, -0.15) is 0 Å². The molecule has 1 aromatic rings. The van der Waals surface area contributed by atoms with E-state index in [1.807, 2.05) is 24.3 Å². The third kappa shape index (κ3) is 2.99. The molecule has 4 saturated carbocycles. The molecular weight excluding hydrogens is 302 g/mol. The lowest BCUT2D eigenvalue weighted by Crippen LogP contribution is -2.54. The molecule has 0 unspecified atom stereocenters. The van der Waals surface area contributed by atoms with Crippen LogP contribution in [0.15, 0.2) is 24.3 Å². The van der Waals surface area contributed by atoms with Crippen molar-refractivity contribution < 1.29 is 14.3 Å². The van der Waals surface area contributed by atoms with E-state index in [4.69, 9.17) is 9.47 Å². The standard InChI is InChI=1S/C20H27NO3/c1-23-17-2-4-18(5-3-17)24-7-6-21-19(22)20-11-14-8-15(12-20)10-16(9-14)13-20/h2-5,14-16H,6-13H2,1H3,(H,21,22). The van der Waals surface area contributed by atoms with Crippen LogP contribution in [0.5, 0.6) is 11.5 Å². The van der Waals surface area contributed by atoms with Crippen LogP contribution in [-0.4, -0.2) is 26.2 Å². The van der Waals surface area contributed by atoms with Crippen molar-refractivity contribution in [2.75, 3.05) is 20.3 Å². The van der Waals surface area contributed by atoms with E-state index >= 15 is 0 Å². The molecule has 5 rings (SSSR count). The summed E-state index contributed by atoms with van der Waals surface area (Å²) in [4.78, 5) is 12.8. The SMILES string of the molecule is COc1ccc(OCCNC(=O)C23CC4CC(CC(C4)C2)C3)cc1. The number of ether oxygens (including phenoxy) is 2. The van der Waals surface area contributed by atoms with Gasteiger partial charge < -0.3 is 14.8 Å². The smallest absolute Gasteiger partial charge is 0.226 e. The van der Waals surface area contributed by atoms with Gasteiger partial charge in [0.2, 0.25) is 5.91 Å². The molecule has 0 atom stereocenters. The summed E-state index contributed by atoms with van der Waals surface area (Å²) < 4.78 is 10.8. The van der Waals surface area contributed by atoms with Gasteiger partial charge in [-0.3, -0.25) is 4.79 Å². The highest BCUT2D eigenvalue weighted by molar-refractivity contribution is 5.83. The van der Waals surface area contributed by atoms with Crippen LogP contribution >= 0.6 is 0 Å². The van der Waals surface area contributed by atoms with E-state index in [0.29, 0.717) is 13.2 Å². The molecule has 0 radical (unpaired) electrons. The van der Waals surface area contributed by atoms with Crippen LogP contribution in [0.3, 0.4) is 0 Å². The Hall–Kier alpha value is -1.71. The fourth-order valence-electron chi connectivity index (χ4n) is 5.58. The summed E-state index contributed by atoms with van der Waals surface area (Å²) >= 11 is 0. The van der Waals surface area contributed by atoms with Crippen LogP contribution in [0, 0.1) is 23.2 Å². The number of amides is 1. The zero-order chi connectivity index (χ0) is 16.6. The summed E-state index contributed by atoms with van der Waals surface area (Å²) in [6.07, 6.45) is 7.45. The van der Waals surface area contributed by atoms with Crippen LogP contribution in [0.4, 0.5) is 0 Å². The predicted molar refractivity (Wildman–Crippen MR) is 92.1 cm³/mol. The van der Waals surface area contributed by atoms with E-state index < -0.39 is 0 Å². The zero-order valence-corrected chi connectivity index (χ0v) is 14.4. The molecule has 4 bridgehead atoms. The molecule has 0 aromatic heterocycles. The Bertz CT molecular complexity index is 560. The van der Waals surface area contributed by atoms with E-state index in [0.717, 1.165) is 48.5 Å². The van der Waals surface area contributed by atoms with E-state index in [1.165, 1.54) is 19.3 Å². The van der Waals surface area contributed by atoms with Gasteiger partial charge in [0.1, 0.15) is 18.1 Å². The van der Waals surface area contributed by atoms with E-state index in [2.05, 4.69) is 5.32 Å². The van der Waals surface area contributed by atoms with Crippen molar-refractivity contribution in [2.24, 2.45) is 23.2 Å². The van der Waals surface area contributed by atoms with Gasteiger partial charge in [0.25, 0.3) is 0 Å². The molecule has 4 aliphatic rings. The topological polar surface area (TPSA) is 47.6 Å². The third-order valence-electron chi connectivity index (χ3n) is 6.24. The lowest BCUT2D eigenvalue weighted by Gasteiger charge is -2.55. The van der Waals surface area contributed by atoms with Crippen molar-refractivity contribution in [3.63, 3.8) is 0 Å². The van der Waals surface area contributed by atoms with E-state index in [-0.39, 0.29) is 11.3 Å². The van der Waals surface area contributed by atoms with Crippen molar-refractivity contribution in [3.05, 3.63) is 24.3 Å². The fraction of sp³-hybridized carbons (Fsp3) is 0.650. The molecule has 0 saturated heterocycles. The fourth-order valence-corrected chi connectivity index (χ4v) is 5.58. The van der Waals surface area contributed by atoms with Gasteiger partial charge in [-0.15, -0.1) is 0 Å². The maximum atomic E-state index is 12.8. The van der Waals surface area contributed by atoms with Crippen LogP contribution in [-0.2, 0) is 4.79 Å². The van der Waals surface area contributed by atoms with Crippen LogP contribution in [0.1, 0.15) is 38.5 Å². The number of benzene rings is 1. The molecule has 1 N–H and O–H groups in total. The summed E-state index contributed by atoms with van der Waals surface area (Å²) in [5.74, 6) is 4.31. The summed E-state index contributed by atoms with van der Waals surface area (Å²) in [6.45, 7) is 1.08. The first-order valence-electron chi connectivity index (χ1n) is 9.22. The first kappa shape index (κ1) is 15.8. The molecule has 4 aliphatic carbocycles. The average molecular weight is 329 g/mol. The summed E-state index contributed by atoms with van der Waals surface area (Å²) in [5, 5.41) is 3.14. The molecule has 4 fully saturated rings. The third-order valence-corrected chi connectivity index (χ3v) is 6.24. The first-order chi connectivity index (χ1) is 11.7. The van der Waals surface area contributed by atoms with Gasteiger partial charge >= 0.3 is 0 Å². The molecule has 1 amide bonds. The second kappa shape index (κ2) is 6.30. The summed E-state index contributed by atoms with van der Waals surface area (Å²) in [5.41, 5.74) is -0.0607. The number of rotatable bonds is 6. The van der Waals surface area contributed by atoms with Crippen LogP contribution < -0.4 is 14.8 Å². The van der Waals surface area contributed by atoms with Crippen molar-refractivity contribution in [3.8, 4) is 11.5 Å². The Morgan fingerprint density at radius 3 is 2.12 bits per heavy atom. The molecule has 24 heavy (non-hydrogen) atoms. The Kier molecular flexibility index (Phi) is 4.15. The number of nitrogens with one attached hydrogen (secondary N) is 1. The van der Waals surface area contributed by atoms with Crippen LogP contribution in [0.2, 0.25) is 0 Å². The minimum absolute atomic E-state index is 0.0607. The minimum Gasteiger partial charge on any atom is -0.497 e. The normalized spacial score (nSPS) is 33.3. The monoisotopic (exact) mass is 329 g/mol. The molecule has 130 valence electrons. The van der Waals surface area contributed by atoms with Crippen molar-refractivity contribution in [2.45, 2.75) is 38.5 Å². The molecule has 4 nitrogen and oxygen atoms in total. The van der Waals surface area contributed by atoms with E-state index in [9.17, 15) is 4.79 Å². The lowest BCUT2D eigenvalue weighted by atomic mass is 9.49. The highest BCUT2D eigenvalue weighted by Crippen LogP contribution is 2.60. The lowest BCUT2D eigenvalue weighted by molar-refractivity contribution is -0.146. The molecule has 0 heterocycles. The highest BCUT2D eigenvalue weighted by atomic mass is 16.5. The maximum absolute atomic E-state index is 12.8. The van der Waals surface area contributed by atoms with Crippen LogP contribution in [0.25, 0.3) is 0 Å². The van der Waals surface area contributed by atoms with Crippen molar-refractivity contribution >= 4 is 5.91 Å². The maximum Gasteiger partial charge on any atom is 0.226 e.